The van der Waals surface area contributed by atoms with E-state index in [1.807, 2.05) is 44.2 Å². The second-order valence-electron chi connectivity index (χ2n) is 6.18. The maximum atomic E-state index is 12.2. The van der Waals surface area contributed by atoms with Crippen molar-refractivity contribution in [1.82, 2.24) is 4.90 Å². The van der Waals surface area contributed by atoms with Crippen LogP contribution in [0.2, 0.25) is 0 Å². The van der Waals surface area contributed by atoms with Gasteiger partial charge in [0.05, 0.1) is 5.41 Å². The molecule has 5 heteroatoms. The van der Waals surface area contributed by atoms with Gasteiger partial charge in [-0.2, -0.15) is 0 Å². The van der Waals surface area contributed by atoms with Gasteiger partial charge in [0.1, 0.15) is 6.61 Å². The van der Waals surface area contributed by atoms with Crippen molar-refractivity contribution in [3.8, 4) is 0 Å². The van der Waals surface area contributed by atoms with E-state index in [4.69, 9.17) is 4.74 Å². The quantitative estimate of drug-likeness (QED) is 0.928. The van der Waals surface area contributed by atoms with Crippen molar-refractivity contribution < 1.29 is 19.4 Å². The van der Waals surface area contributed by atoms with Gasteiger partial charge in [-0.25, -0.2) is 4.79 Å². The van der Waals surface area contributed by atoms with Crippen LogP contribution < -0.4 is 0 Å². The molecule has 1 fully saturated rings. The number of piperidine rings is 1. The summed E-state index contributed by atoms with van der Waals surface area (Å²) >= 11 is 0. The van der Waals surface area contributed by atoms with Gasteiger partial charge in [-0.05, 0) is 24.3 Å². The Morgan fingerprint density at radius 2 is 2.00 bits per heavy atom. The maximum absolute atomic E-state index is 12.2. The third-order valence-electron chi connectivity index (χ3n) is 4.52. The number of hydrogen-bond donors (Lipinski definition) is 1. The number of ether oxygens (including phenoxy) is 1. The van der Waals surface area contributed by atoms with E-state index in [2.05, 4.69) is 0 Å². The van der Waals surface area contributed by atoms with Crippen LogP contribution in [0, 0.1) is 11.3 Å². The molecule has 1 aromatic rings. The zero-order chi connectivity index (χ0) is 16.2. The summed E-state index contributed by atoms with van der Waals surface area (Å²) in [4.78, 5) is 25.4. The maximum Gasteiger partial charge on any atom is 0.410 e. The zero-order valence-electron chi connectivity index (χ0n) is 13.1. The standard InChI is InChI=1S/C17H23NO4/c1-13(2)17(15(19)20)9-6-10-18(12-17)16(21)22-11-14-7-4-3-5-8-14/h3-5,7-8,13H,6,9-12H2,1-2H3,(H,19,20). The second-order valence-corrected chi connectivity index (χ2v) is 6.18. The highest BCUT2D eigenvalue weighted by atomic mass is 16.6. The summed E-state index contributed by atoms with van der Waals surface area (Å²) in [7, 11) is 0. The first-order valence-electron chi connectivity index (χ1n) is 7.65. The van der Waals surface area contributed by atoms with E-state index < -0.39 is 17.5 Å². The van der Waals surface area contributed by atoms with Gasteiger partial charge >= 0.3 is 12.1 Å². The van der Waals surface area contributed by atoms with Crippen molar-refractivity contribution in [1.29, 1.82) is 0 Å². The van der Waals surface area contributed by atoms with E-state index in [1.165, 1.54) is 4.90 Å². The molecule has 0 aromatic heterocycles. The van der Waals surface area contributed by atoms with Gasteiger partial charge in [0, 0.05) is 13.1 Å². The third kappa shape index (κ3) is 3.40. The lowest BCUT2D eigenvalue weighted by Crippen LogP contribution is -2.52. The average Bonchev–Trinajstić information content (AvgIpc) is 2.53. The van der Waals surface area contributed by atoms with E-state index in [-0.39, 0.29) is 19.1 Å². The summed E-state index contributed by atoms with van der Waals surface area (Å²) in [6.45, 7) is 4.76. The van der Waals surface area contributed by atoms with Gasteiger partial charge in [0.2, 0.25) is 0 Å². The molecule has 1 saturated heterocycles. The fraction of sp³-hybridized carbons (Fsp3) is 0.529. The Labute approximate surface area is 130 Å². The number of benzene rings is 1. The molecular formula is C17H23NO4. The van der Waals surface area contributed by atoms with E-state index in [1.54, 1.807) is 0 Å². The highest BCUT2D eigenvalue weighted by molar-refractivity contribution is 5.77. The molecule has 0 aliphatic carbocycles. The van der Waals surface area contributed by atoms with Crippen LogP contribution in [0.4, 0.5) is 4.79 Å². The number of carbonyl (C=O) groups is 2. The lowest BCUT2D eigenvalue weighted by Gasteiger charge is -2.41. The Balaban J connectivity index is 1.99. The van der Waals surface area contributed by atoms with Crippen molar-refractivity contribution in [3.63, 3.8) is 0 Å². The summed E-state index contributed by atoms with van der Waals surface area (Å²) in [5.41, 5.74) is 0.0468. The highest BCUT2D eigenvalue weighted by Crippen LogP contribution is 2.37. The molecule has 0 bridgehead atoms. The summed E-state index contributed by atoms with van der Waals surface area (Å²) in [5, 5.41) is 9.59. The van der Waals surface area contributed by atoms with Gasteiger partial charge < -0.3 is 14.7 Å². The summed E-state index contributed by atoms with van der Waals surface area (Å²) < 4.78 is 5.31. The lowest BCUT2D eigenvalue weighted by molar-refractivity contribution is -0.155. The Morgan fingerprint density at radius 3 is 2.59 bits per heavy atom. The molecule has 0 saturated carbocycles. The van der Waals surface area contributed by atoms with Gasteiger partial charge in [-0.3, -0.25) is 4.79 Å². The molecule has 0 spiro atoms. The lowest BCUT2D eigenvalue weighted by atomic mass is 9.71. The van der Waals surface area contributed by atoms with Crippen molar-refractivity contribution in [3.05, 3.63) is 35.9 Å². The van der Waals surface area contributed by atoms with Crippen molar-refractivity contribution in [2.45, 2.75) is 33.3 Å². The van der Waals surface area contributed by atoms with Crippen molar-refractivity contribution in [2.24, 2.45) is 11.3 Å². The number of likely N-dealkylation sites (tertiary alicyclic amines) is 1. The Hall–Kier alpha value is -2.04. The Bertz CT molecular complexity index is 529. The molecule has 120 valence electrons. The molecule has 1 aliphatic heterocycles. The smallest absolute Gasteiger partial charge is 0.410 e. The van der Waals surface area contributed by atoms with Crippen LogP contribution in [0.3, 0.4) is 0 Å². The number of hydrogen-bond acceptors (Lipinski definition) is 3. The minimum Gasteiger partial charge on any atom is -0.481 e. The summed E-state index contributed by atoms with van der Waals surface area (Å²) in [6.07, 6.45) is 0.850. The topological polar surface area (TPSA) is 66.8 Å². The van der Waals surface area contributed by atoms with Gasteiger partial charge in [0.15, 0.2) is 0 Å². The molecule has 1 N–H and O–H groups in total. The van der Waals surface area contributed by atoms with Crippen LogP contribution in [0.25, 0.3) is 0 Å². The molecular weight excluding hydrogens is 282 g/mol. The fourth-order valence-electron chi connectivity index (χ4n) is 2.94. The minimum absolute atomic E-state index is 0.0327. The predicted molar refractivity (Wildman–Crippen MR) is 82.3 cm³/mol. The fourth-order valence-corrected chi connectivity index (χ4v) is 2.94. The van der Waals surface area contributed by atoms with Crippen LogP contribution in [0.1, 0.15) is 32.3 Å². The van der Waals surface area contributed by atoms with Crippen LogP contribution in [0.15, 0.2) is 30.3 Å². The van der Waals surface area contributed by atoms with Crippen molar-refractivity contribution in [2.75, 3.05) is 13.1 Å². The number of carboxylic acid groups (broad SMARTS) is 1. The first kappa shape index (κ1) is 16.3. The first-order chi connectivity index (χ1) is 10.5. The summed E-state index contributed by atoms with van der Waals surface area (Å²) in [5.74, 6) is -0.863. The Morgan fingerprint density at radius 1 is 1.32 bits per heavy atom. The third-order valence-corrected chi connectivity index (χ3v) is 4.52. The van der Waals surface area contributed by atoms with E-state index >= 15 is 0 Å². The van der Waals surface area contributed by atoms with E-state index in [9.17, 15) is 14.7 Å². The number of rotatable bonds is 4. The Kier molecular flexibility index (Phi) is 5.06. The summed E-state index contributed by atoms with van der Waals surface area (Å²) in [6, 6.07) is 9.45. The van der Waals surface area contributed by atoms with E-state index in [0.29, 0.717) is 19.4 Å². The van der Waals surface area contributed by atoms with Crippen LogP contribution >= 0.6 is 0 Å². The minimum atomic E-state index is -0.871. The van der Waals surface area contributed by atoms with Crippen LogP contribution in [-0.4, -0.2) is 35.2 Å². The molecule has 1 aromatic carbocycles. The van der Waals surface area contributed by atoms with Crippen LogP contribution in [-0.2, 0) is 16.1 Å². The van der Waals surface area contributed by atoms with Gasteiger partial charge in [-0.15, -0.1) is 0 Å². The number of carbonyl (C=O) groups excluding carboxylic acids is 1. The monoisotopic (exact) mass is 305 g/mol. The highest BCUT2D eigenvalue weighted by Gasteiger charge is 2.46. The average molecular weight is 305 g/mol. The van der Waals surface area contributed by atoms with Crippen LogP contribution in [0.5, 0.6) is 0 Å². The van der Waals surface area contributed by atoms with E-state index in [0.717, 1.165) is 5.56 Å². The molecule has 1 atom stereocenters. The number of amides is 1. The predicted octanol–water partition coefficient (Wildman–Crippen LogP) is 3.15. The number of carboxylic acids is 1. The molecule has 1 heterocycles. The van der Waals surface area contributed by atoms with Gasteiger partial charge in [0.25, 0.3) is 0 Å². The molecule has 22 heavy (non-hydrogen) atoms. The number of nitrogens with zero attached hydrogens (tertiary/aromatic N) is 1. The molecule has 1 amide bonds. The zero-order valence-corrected chi connectivity index (χ0v) is 13.1. The molecule has 2 rings (SSSR count). The largest absolute Gasteiger partial charge is 0.481 e. The molecule has 1 aliphatic rings. The normalized spacial score (nSPS) is 21.7. The number of aliphatic carboxylic acids is 1. The first-order valence-corrected chi connectivity index (χ1v) is 7.65. The van der Waals surface area contributed by atoms with Gasteiger partial charge in [-0.1, -0.05) is 44.2 Å². The molecule has 1 unspecified atom stereocenters. The van der Waals surface area contributed by atoms with Crippen molar-refractivity contribution >= 4 is 12.1 Å². The molecule has 0 radical (unpaired) electrons. The second kappa shape index (κ2) is 6.81. The molecule has 5 nitrogen and oxygen atoms in total. The SMILES string of the molecule is CC(C)C1(C(=O)O)CCCN(C(=O)OCc2ccccc2)C1.